The van der Waals surface area contributed by atoms with E-state index in [1.807, 2.05) is 25.1 Å². The number of hydrogen-bond acceptors (Lipinski definition) is 7. The normalized spacial score (nSPS) is 10.9. The van der Waals surface area contributed by atoms with Gasteiger partial charge in [0, 0.05) is 34.0 Å². The number of halogens is 3. The van der Waals surface area contributed by atoms with Gasteiger partial charge in [0.2, 0.25) is 0 Å². The summed E-state index contributed by atoms with van der Waals surface area (Å²) < 4.78 is 17.3. The molecule has 0 unspecified atom stereocenters. The largest absolute Gasteiger partial charge is 0.493 e. The summed E-state index contributed by atoms with van der Waals surface area (Å²) in [6.07, 6.45) is 1.59. The summed E-state index contributed by atoms with van der Waals surface area (Å²) in [5.74, 6) is 1.39. The van der Waals surface area contributed by atoms with Crippen molar-refractivity contribution in [3.63, 3.8) is 0 Å². The first-order chi connectivity index (χ1) is 16.4. The van der Waals surface area contributed by atoms with E-state index in [1.54, 1.807) is 38.6 Å². The minimum Gasteiger partial charge on any atom is -0.493 e. The molecule has 3 aromatic rings. The van der Waals surface area contributed by atoms with Crippen LogP contribution in [0.15, 0.2) is 46.0 Å². The molecule has 1 heterocycles. The number of benzene rings is 2. The van der Waals surface area contributed by atoms with Crippen LogP contribution in [0.5, 0.6) is 11.5 Å². The number of aryl methyl sites for hydroxylation is 1. The SMILES string of the molecule is COCc1cc(C)nc(NN=Cc2cc(Br)c(OCc3ccc(Cl)cc3Cl)c(OC)c2)c1C#N. The minimum atomic E-state index is 0.236. The van der Waals surface area contributed by atoms with Crippen LogP contribution in [-0.2, 0) is 18.0 Å². The maximum atomic E-state index is 9.54. The molecule has 7 nitrogen and oxygen atoms in total. The number of anilines is 1. The average Bonchev–Trinajstić information content (AvgIpc) is 2.79. The molecular formula is C24H21BrCl2N4O3. The monoisotopic (exact) mass is 562 g/mol. The van der Waals surface area contributed by atoms with Gasteiger partial charge >= 0.3 is 0 Å². The number of nitrogens with zero attached hydrogens (tertiary/aromatic N) is 3. The van der Waals surface area contributed by atoms with Gasteiger partial charge in [-0.25, -0.2) is 4.98 Å². The molecule has 0 fully saturated rings. The van der Waals surface area contributed by atoms with Crippen LogP contribution in [0, 0.1) is 18.3 Å². The van der Waals surface area contributed by atoms with Crippen molar-refractivity contribution in [2.75, 3.05) is 19.6 Å². The Bertz CT molecular complexity index is 1260. The number of nitriles is 1. The van der Waals surface area contributed by atoms with Crippen LogP contribution in [0.25, 0.3) is 0 Å². The number of pyridine rings is 1. The van der Waals surface area contributed by atoms with E-state index in [2.05, 4.69) is 37.5 Å². The molecule has 34 heavy (non-hydrogen) atoms. The molecule has 0 aliphatic heterocycles. The average molecular weight is 564 g/mol. The van der Waals surface area contributed by atoms with Crippen molar-refractivity contribution in [2.45, 2.75) is 20.1 Å². The molecule has 0 atom stereocenters. The number of aromatic nitrogens is 1. The number of methoxy groups -OCH3 is 2. The van der Waals surface area contributed by atoms with Crippen LogP contribution in [0.4, 0.5) is 5.82 Å². The molecule has 1 aromatic heterocycles. The molecule has 0 radical (unpaired) electrons. The van der Waals surface area contributed by atoms with Gasteiger partial charge in [0.15, 0.2) is 17.3 Å². The van der Waals surface area contributed by atoms with E-state index in [9.17, 15) is 5.26 Å². The molecule has 1 N–H and O–H groups in total. The van der Waals surface area contributed by atoms with Crippen molar-refractivity contribution < 1.29 is 14.2 Å². The molecule has 0 saturated heterocycles. The number of nitrogens with one attached hydrogen (secondary N) is 1. The summed E-state index contributed by atoms with van der Waals surface area (Å²) in [6, 6.07) is 12.8. The van der Waals surface area contributed by atoms with E-state index >= 15 is 0 Å². The summed E-state index contributed by atoms with van der Waals surface area (Å²) in [5.41, 5.74) is 6.24. The van der Waals surface area contributed by atoms with E-state index in [-0.39, 0.29) is 6.61 Å². The zero-order valence-electron chi connectivity index (χ0n) is 18.7. The van der Waals surface area contributed by atoms with Gasteiger partial charge in [-0.05, 0) is 58.7 Å². The fourth-order valence-electron chi connectivity index (χ4n) is 3.13. The lowest BCUT2D eigenvalue weighted by molar-refractivity contribution is 0.184. The van der Waals surface area contributed by atoms with E-state index in [0.717, 1.165) is 22.4 Å². The third-order valence-electron chi connectivity index (χ3n) is 4.66. The van der Waals surface area contributed by atoms with Crippen molar-refractivity contribution in [1.29, 1.82) is 5.26 Å². The number of hydrogen-bond donors (Lipinski definition) is 1. The topological polar surface area (TPSA) is 88.8 Å². The Morgan fingerprint density at radius 3 is 2.62 bits per heavy atom. The highest BCUT2D eigenvalue weighted by Crippen LogP contribution is 2.37. The first kappa shape index (κ1) is 25.8. The van der Waals surface area contributed by atoms with Crippen molar-refractivity contribution in [3.8, 4) is 17.6 Å². The highest BCUT2D eigenvalue weighted by molar-refractivity contribution is 9.10. The highest BCUT2D eigenvalue weighted by Gasteiger charge is 2.14. The van der Waals surface area contributed by atoms with Gasteiger partial charge in [-0.15, -0.1) is 0 Å². The Labute approximate surface area is 216 Å². The molecule has 10 heteroatoms. The first-order valence-corrected chi connectivity index (χ1v) is 11.5. The Balaban J connectivity index is 1.79. The van der Waals surface area contributed by atoms with Crippen LogP contribution in [-0.4, -0.2) is 25.4 Å². The van der Waals surface area contributed by atoms with Crippen molar-refractivity contribution in [1.82, 2.24) is 4.98 Å². The summed E-state index contributed by atoms with van der Waals surface area (Å²) in [6.45, 7) is 2.38. The van der Waals surface area contributed by atoms with Crippen LogP contribution in [0.1, 0.15) is 27.9 Å². The van der Waals surface area contributed by atoms with Crippen LogP contribution >= 0.6 is 39.1 Å². The molecule has 0 aliphatic rings. The molecule has 3 rings (SSSR count). The number of ether oxygens (including phenoxy) is 3. The smallest absolute Gasteiger partial charge is 0.175 e. The Morgan fingerprint density at radius 2 is 1.94 bits per heavy atom. The second kappa shape index (κ2) is 12.0. The zero-order valence-corrected chi connectivity index (χ0v) is 21.8. The van der Waals surface area contributed by atoms with E-state index < -0.39 is 0 Å². The second-order valence-electron chi connectivity index (χ2n) is 7.12. The molecule has 0 saturated carbocycles. The Kier molecular flexibility index (Phi) is 9.13. The van der Waals surface area contributed by atoms with Gasteiger partial charge in [-0.1, -0.05) is 29.3 Å². The fourth-order valence-corrected chi connectivity index (χ4v) is 4.16. The van der Waals surface area contributed by atoms with Crippen LogP contribution < -0.4 is 14.9 Å². The van der Waals surface area contributed by atoms with Crippen molar-refractivity contribution in [2.24, 2.45) is 5.10 Å². The summed E-state index contributed by atoms with van der Waals surface area (Å²) in [4.78, 5) is 4.37. The minimum absolute atomic E-state index is 0.236. The lowest BCUT2D eigenvalue weighted by Gasteiger charge is -2.14. The van der Waals surface area contributed by atoms with Crippen molar-refractivity contribution >= 4 is 51.2 Å². The van der Waals surface area contributed by atoms with Gasteiger partial charge in [-0.2, -0.15) is 10.4 Å². The summed E-state index contributed by atoms with van der Waals surface area (Å²) in [5, 5.41) is 14.9. The van der Waals surface area contributed by atoms with Gasteiger partial charge < -0.3 is 14.2 Å². The predicted molar refractivity (Wildman–Crippen MR) is 137 cm³/mol. The summed E-state index contributed by atoms with van der Waals surface area (Å²) >= 11 is 15.7. The maximum absolute atomic E-state index is 9.54. The highest BCUT2D eigenvalue weighted by atomic mass is 79.9. The lowest BCUT2D eigenvalue weighted by Crippen LogP contribution is -2.04. The third-order valence-corrected chi connectivity index (χ3v) is 5.84. The molecule has 0 bridgehead atoms. The quantitative estimate of drug-likeness (QED) is 0.236. The van der Waals surface area contributed by atoms with E-state index in [4.69, 9.17) is 37.4 Å². The van der Waals surface area contributed by atoms with Gasteiger partial charge in [0.25, 0.3) is 0 Å². The molecule has 176 valence electrons. The van der Waals surface area contributed by atoms with E-state index in [0.29, 0.717) is 44.0 Å². The Hall–Kier alpha value is -2.83. The molecule has 2 aromatic carbocycles. The standard InChI is InChI=1S/C24H21BrCl2N4O3/c1-14-6-17(12-32-2)19(10-28)24(30-14)31-29-11-15-7-20(25)23(22(8-15)33-3)34-13-16-4-5-18(26)9-21(16)27/h4-9,11H,12-13H2,1-3H3,(H,30,31). The van der Waals surface area contributed by atoms with Gasteiger partial charge in [0.1, 0.15) is 18.2 Å². The van der Waals surface area contributed by atoms with Crippen LogP contribution in [0.2, 0.25) is 10.0 Å². The second-order valence-corrected chi connectivity index (χ2v) is 8.82. The van der Waals surface area contributed by atoms with Gasteiger partial charge in [-0.3, -0.25) is 5.43 Å². The van der Waals surface area contributed by atoms with Crippen LogP contribution in [0.3, 0.4) is 0 Å². The van der Waals surface area contributed by atoms with E-state index in [1.165, 1.54) is 0 Å². The maximum Gasteiger partial charge on any atom is 0.175 e. The first-order valence-electron chi connectivity index (χ1n) is 9.99. The zero-order chi connectivity index (χ0) is 24.7. The predicted octanol–water partition coefficient (Wildman–Crippen LogP) is 6.51. The lowest BCUT2D eigenvalue weighted by atomic mass is 10.1. The third kappa shape index (κ3) is 6.39. The summed E-state index contributed by atoms with van der Waals surface area (Å²) in [7, 11) is 3.13. The molecule has 0 spiro atoms. The van der Waals surface area contributed by atoms with Crippen molar-refractivity contribution in [3.05, 3.63) is 78.9 Å². The molecule has 0 aliphatic carbocycles. The number of hydrazone groups is 1. The molecule has 0 amide bonds. The Morgan fingerprint density at radius 1 is 1.15 bits per heavy atom. The number of rotatable bonds is 9. The fraction of sp³-hybridized carbons (Fsp3) is 0.208. The van der Waals surface area contributed by atoms with Gasteiger partial charge in [0.05, 0.1) is 24.4 Å². The molecular weight excluding hydrogens is 543 g/mol.